The lowest BCUT2D eigenvalue weighted by Gasteiger charge is -2.13. The fourth-order valence-corrected chi connectivity index (χ4v) is 1.88. The fourth-order valence-electron chi connectivity index (χ4n) is 1.88. The van der Waals surface area contributed by atoms with Crippen molar-refractivity contribution in [3.05, 3.63) is 59.4 Å². The van der Waals surface area contributed by atoms with Crippen molar-refractivity contribution in [1.29, 1.82) is 0 Å². The van der Waals surface area contributed by atoms with Gasteiger partial charge in [0.25, 0.3) is 0 Å². The van der Waals surface area contributed by atoms with E-state index in [9.17, 15) is 8.78 Å². The second kappa shape index (κ2) is 6.43. The zero-order valence-electron chi connectivity index (χ0n) is 11.1. The molecule has 1 unspecified atom stereocenters. The first-order chi connectivity index (χ1) is 9.54. The summed E-state index contributed by atoms with van der Waals surface area (Å²) in [4.78, 5) is 4.28. The smallest absolute Gasteiger partial charge is 0.387 e. The molecule has 0 saturated heterocycles. The van der Waals surface area contributed by atoms with Crippen molar-refractivity contribution in [3.8, 4) is 5.75 Å². The summed E-state index contributed by atoms with van der Waals surface area (Å²) in [6.07, 6.45) is 2.32. The highest BCUT2D eigenvalue weighted by Crippen LogP contribution is 2.21. The molecule has 2 N–H and O–H groups in total. The van der Waals surface area contributed by atoms with Crippen molar-refractivity contribution < 1.29 is 13.5 Å². The molecule has 3 nitrogen and oxygen atoms in total. The van der Waals surface area contributed by atoms with Crippen LogP contribution in [0.4, 0.5) is 8.78 Å². The zero-order chi connectivity index (χ0) is 14.5. The molecule has 0 amide bonds. The van der Waals surface area contributed by atoms with Gasteiger partial charge in [-0.25, -0.2) is 0 Å². The van der Waals surface area contributed by atoms with Crippen LogP contribution in [0.15, 0.2) is 42.6 Å². The summed E-state index contributed by atoms with van der Waals surface area (Å²) in [5.74, 6) is 0.116. The molecule has 1 heterocycles. The largest absolute Gasteiger partial charge is 0.435 e. The number of aryl methyl sites for hydroxylation is 1. The van der Waals surface area contributed by atoms with Gasteiger partial charge >= 0.3 is 6.61 Å². The van der Waals surface area contributed by atoms with Gasteiger partial charge in [-0.15, -0.1) is 0 Å². The second-order valence-electron chi connectivity index (χ2n) is 4.59. The average molecular weight is 278 g/mol. The molecule has 0 aliphatic rings. The van der Waals surface area contributed by atoms with E-state index in [0.29, 0.717) is 6.42 Å². The minimum atomic E-state index is -2.83. The van der Waals surface area contributed by atoms with Crippen LogP contribution in [0.5, 0.6) is 5.75 Å². The number of rotatable bonds is 5. The van der Waals surface area contributed by atoms with Crippen molar-refractivity contribution in [2.75, 3.05) is 0 Å². The Balaban J connectivity index is 2.08. The first kappa shape index (κ1) is 14.4. The number of nitrogens with zero attached hydrogens (tertiary/aromatic N) is 1. The number of nitrogens with two attached hydrogens (primary N) is 1. The van der Waals surface area contributed by atoms with E-state index in [4.69, 9.17) is 5.73 Å². The van der Waals surface area contributed by atoms with Crippen LogP contribution in [0.25, 0.3) is 0 Å². The molecule has 1 aromatic heterocycles. The number of alkyl halides is 2. The predicted octanol–water partition coefficient (Wildman–Crippen LogP) is 3.23. The summed E-state index contributed by atoms with van der Waals surface area (Å²) in [5, 5.41) is 0. The third-order valence-electron chi connectivity index (χ3n) is 2.91. The summed E-state index contributed by atoms with van der Waals surface area (Å²) in [5.41, 5.74) is 8.77. The number of hydrogen-bond acceptors (Lipinski definition) is 3. The Kier molecular flexibility index (Phi) is 4.63. The van der Waals surface area contributed by atoms with Crippen LogP contribution < -0.4 is 10.5 Å². The number of pyridine rings is 1. The fraction of sp³-hybridized carbons (Fsp3) is 0.267. The molecule has 0 spiro atoms. The van der Waals surface area contributed by atoms with E-state index in [-0.39, 0.29) is 11.8 Å². The molecule has 0 aliphatic carbocycles. The van der Waals surface area contributed by atoms with Crippen molar-refractivity contribution in [2.24, 2.45) is 5.73 Å². The van der Waals surface area contributed by atoms with Crippen LogP contribution >= 0.6 is 0 Å². The molecule has 5 heteroatoms. The topological polar surface area (TPSA) is 48.1 Å². The lowest BCUT2D eigenvalue weighted by Crippen LogP contribution is -2.14. The van der Waals surface area contributed by atoms with E-state index in [1.807, 2.05) is 19.1 Å². The van der Waals surface area contributed by atoms with Crippen LogP contribution in [-0.4, -0.2) is 11.6 Å². The molecule has 0 aliphatic heterocycles. The van der Waals surface area contributed by atoms with Gasteiger partial charge < -0.3 is 10.5 Å². The van der Waals surface area contributed by atoms with E-state index >= 15 is 0 Å². The molecule has 0 fully saturated rings. The van der Waals surface area contributed by atoms with E-state index in [0.717, 1.165) is 16.8 Å². The molecule has 0 saturated carbocycles. The summed E-state index contributed by atoms with van der Waals surface area (Å²) in [6, 6.07) is 10.0. The van der Waals surface area contributed by atoms with Gasteiger partial charge in [-0.2, -0.15) is 8.78 Å². The normalized spacial score (nSPS) is 12.4. The molecule has 1 atom stereocenters. The Morgan fingerprint density at radius 1 is 1.25 bits per heavy atom. The Bertz CT molecular complexity index is 558. The highest BCUT2D eigenvalue weighted by Gasteiger charge is 2.10. The van der Waals surface area contributed by atoms with Crippen LogP contribution in [0.2, 0.25) is 0 Å². The maximum atomic E-state index is 12.2. The van der Waals surface area contributed by atoms with Crippen LogP contribution in [0, 0.1) is 6.92 Å². The second-order valence-corrected chi connectivity index (χ2v) is 4.59. The molecule has 20 heavy (non-hydrogen) atoms. The minimum absolute atomic E-state index is 0.116. The monoisotopic (exact) mass is 278 g/mol. The van der Waals surface area contributed by atoms with E-state index in [2.05, 4.69) is 9.72 Å². The molecule has 0 bridgehead atoms. The lowest BCUT2D eigenvalue weighted by molar-refractivity contribution is -0.0499. The van der Waals surface area contributed by atoms with Crippen molar-refractivity contribution in [2.45, 2.75) is 26.0 Å². The van der Waals surface area contributed by atoms with Crippen LogP contribution in [-0.2, 0) is 6.42 Å². The average Bonchev–Trinajstić information content (AvgIpc) is 2.41. The Morgan fingerprint density at radius 2 is 2.05 bits per heavy atom. The van der Waals surface area contributed by atoms with Gasteiger partial charge in [0.15, 0.2) is 0 Å². The highest BCUT2D eigenvalue weighted by molar-refractivity contribution is 5.31. The summed E-state index contributed by atoms with van der Waals surface area (Å²) in [7, 11) is 0. The van der Waals surface area contributed by atoms with Gasteiger partial charge in [0.2, 0.25) is 0 Å². The van der Waals surface area contributed by atoms with Crippen LogP contribution in [0.1, 0.15) is 22.9 Å². The number of aromatic nitrogens is 1. The number of benzene rings is 1. The van der Waals surface area contributed by atoms with Gasteiger partial charge in [0.05, 0.1) is 0 Å². The first-order valence-electron chi connectivity index (χ1n) is 6.26. The third-order valence-corrected chi connectivity index (χ3v) is 2.91. The standard InChI is InChI=1S/C15H16F2N2O/c1-10-5-6-12(19-9-10)8-14(18)11-3-2-4-13(7-11)20-15(16)17/h2-7,9,14-15H,8,18H2,1H3. The van der Waals surface area contributed by atoms with Gasteiger partial charge in [-0.3, -0.25) is 4.98 Å². The third kappa shape index (κ3) is 3.99. The quantitative estimate of drug-likeness (QED) is 0.913. The van der Waals surface area contributed by atoms with E-state index in [1.165, 1.54) is 12.1 Å². The summed E-state index contributed by atoms with van der Waals surface area (Å²) in [6.45, 7) is -0.873. The molecule has 106 valence electrons. The van der Waals surface area contributed by atoms with Gasteiger partial charge in [-0.05, 0) is 36.2 Å². The minimum Gasteiger partial charge on any atom is -0.435 e. The van der Waals surface area contributed by atoms with Crippen molar-refractivity contribution in [1.82, 2.24) is 4.98 Å². The highest BCUT2D eigenvalue weighted by atomic mass is 19.3. The van der Waals surface area contributed by atoms with E-state index < -0.39 is 6.61 Å². The number of halogens is 2. The van der Waals surface area contributed by atoms with E-state index in [1.54, 1.807) is 18.3 Å². The van der Waals surface area contributed by atoms with Gasteiger partial charge in [-0.1, -0.05) is 18.2 Å². The first-order valence-corrected chi connectivity index (χ1v) is 6.26. The van der Waals surface area contributed by atoms with Crippen molar-refractivity contribution >= 4 is 0 Å². The molecule has 2 rings (SSSR count). The summed E-state index contributed by atoms with van der Waals surface area (Å²) < 4.78 is 28.7. The Hall–Kier alpha value is -2.01. The lowest BCUT2D eigenvalue weighted by atomic mass is 10.0. The van der Waals surface area contributed by atoms with Crippen LogP contribution in [0.3, 0.4) is 0 Å². The molecule has 1 aromatic carbocycles. The Labute approximate surface area is 116 Å². The SMILES string of the molecule is Cc1ccc(CC(N)c2cccc(OC(F)F)c2)nc1. The molecular formula is C15H16F2N2O. The maximum Gasteiger partial charge on any atom is 0.387 e. The van der Waals surface area contributed by atoms with Gasteiger partial charge in [0, 0.05) is 24.4 Å². The summed E-state index contributed by atoms with van der Waals surface area (Å²) >= 11 is 0. The number of ether oxygens (including phenoxy) is 1. The zero-order valence-corrected chi connectivity index (χ0v) is 11.1. The van der Waals surface area contributed by atoms with Crippen molar-refractivity contribution in [3.63, 3.8) is 0 Å². The molecule has 2 aromatic rings. The number of hydrogen-bond donors (Lipinski definition) is 1. The maximum absolute atomic E-state index is 12.2. The predicted molar refractivity (Wildman–Crippen MR) is 72.7 cm³/mol. The van der Waals surface area contributed by atoms with Gasteiger partial charge in [0.1, 0.15) is 5.75 Å². The Morgan fingerprint density at radius 3 is 2.70 bits per heavy atom. The molecule has 0 radical (unpaired) electrons. The molecular weight excluding hydrogens is 262 g/mol.